The van der Waals surface area contributed by atoms with Crippen molar-refractivity contribution in [3.63, 3.8) is 0 Å². The van der Waals surface area contributed by atoms with Crippen LogP contribution in [0.5, 0.6) is 0 Å². The van der Waals surface area contributed by atoms with Crippen molar-refractivity contribution >= 4 is 31.2 Å². The van der Waals surface area contributed by atoms with Gasteiger partial charge in [-0.05, 0) is 19.4 Å². The second-order valence-electron chi connectivity index (χ2n) is 3.96. The van der Waals surface area contributed by atoms with Crippen LogP contribution in [0.2, 0.25) is 0 Å². The number of sulfonamides is 1. The molecule has 2 heterocycles. The summed E-state index contributed by atoms with van der Waals surface area (Å²) < 4.78 is 45.9. The molecule has 0 aliphatic carbocycles. The number of hydrogen-bond donors (Lipinski definition) is 2. The number of primary sulfonamides is 1. The highest BCUT2D eigenvalue weighted by molar-refractivity contribution is 7.95. The van der Waals surface area contributed by atoms with Gasteiger partial charge in [0.15, 0.2) is 9.84 Å². The largest absolute Gasteiger partial charge is 0.388 e. The molecule has 0 saturated heterocycles. The molecule has 0 radical (unpaired) electrons. The van der Waals surface area contributed by atoms with E-state index in [1.54, 1.807) is 0 Å². The molecule has 0 spiro atoms. The predicted octanol–water partition coefficient (Wildman–Crippen LogP) is -0.00520. The molecule has 17 heavy (non-hydrogen) atoms. The first-order chi connectivity index (χ1) is 7.64. The maximum atomic E-state index is 12.0. The zero-order chi connectivity index (χ0) is 13.0. The minimum atomic E-state index is -3.95. The monoisotopic (exact) mass is 297 g/mol. The Morgan fingerprint density at radius 2 is 2.12 bits per heavy atom. The number of hydrogen-bond acceptors (Lipinski definition) is 6. The van der Waals surface area contributed by atoms with E-state index in [4.69, 9.17) is 5.14 Å². The quantitative estimate of drug-likeness (QED) is 0.757. The van der Waals surface area contributed by atoms with Gasteiger partial charge in [0, 0.05) is 5.56 Å². The van der Waals surface area contributed by atoms with Gasteiger partial charge in [0.2, 0.25) is 10.0 Å². The van der Waals surface area contributed by atoms with Crippen LogP contribution in [0.4, 0.5) is 0 Å². The number of fused-ring (bicyclic) bond motifs is 1. The summed E-state index contributed by atoms with van der Waals surface area (Å²) in [5.41, 5.74) is 0.136. The Morgan fingerprint density at radius 3 is 2.65 bits per heavy atom. The van der Waals surface area contributed by atoms with Crippen molar-refractivity contribution in [1.82, 2.24) is 0 Å². The van der Waals surface area contributed by atoms with Crippen molar-refractivity contribution in [2.75, 3.05) is 0 Å². The number of aliphatic hydroxyl groups excluding tert-OH is 1. The molecule has 0 amide bonds. The van der Waals surface area contributed by atoms with E-state index in [1.807, 2.05) is 0 Å². The van der Waals surface area contributed by atoms with E-state index >= 15 is 0 Å². The summed E-state index contributed by atoms with van der Waals surface area (Å²) in [5.74, 6) is 0. The van der Waals surface area contributed by atoms with Gasteiger partial charge in [-0.3, -0.25) is 0 Å². The molecule has 2 rings (SSSR count). The van der Waals surface area contributed by atoms with E-state index in [0.717, 1.165) is 6.07 Å². The van der Waals surface area contributed by atoms with E-state index in [2.05, 4.69) is 0 Å². The second kappa shape index (κ2) is 3.75. The fourth-order valence-corrected chi connectivity index (χ4v) is 6.11. The van der Waals surface area contributed by atoms with Gasteiger partial charge >= 0.3 is 0 Å². The fourth-order valence-electron chi connectivity index (χ4n) is 1.71. The lowest BCUT2D eigenvalue weighted by Crippen LogP contribution is -2.26. The number of aliphatic hydroxyl groups is 1. The Bertz CT molecular complexity index is 657. The Labute approximate surface area is 103 Å². The van der Waals surface area contributed by atoms with Gasteiger partial charge in [-0.1, -0.05) is 0 Å². The van der Waals surface area contributed by atoms with E-state index in [-0.39, 0.29) is 20.4 Å². The molecule has 96 valence electrons. The van der Waals surface area contributed by atoms with Gasteiger partial charge in [-0.25, -0.2) is 22.0 Å². The van der Waals surface area contributed by atoms with Gasteiger partial charge in [0.05, 0.1) is 11.4 Å². The van der Waals surface area contributed by atoms with Crippen LogP contribution in [0.15, 0.2) is 14.5 Å². The molecule has 1 aromatic heterocycles. The lowest BCUT2D eigenvalue weighted by Gasteiger charge is -2.23. The van der Waals surface area contributed by atoms with Gasteiger partial charge in [-0.2, -0.15) is 0 Å². The summed E-state index contributed by atoms with van der Waals surface area (Å²) in [7, 11) is -7.50. The van der Waals surface area contributed by atoms with Crippen molar-refractivity contribution in [2.24, 2.45) is 5.14 Å². The summed E-state index contributed by atoms with van der Waals surface area (Å²) in [5, 5.41) is 14.0. The number of rotatable bonds is 1. The molecule has 2 atom stereocenters. The van der Waals surface area contributed by atoms with Crippen LogP contribution in [-0.2, 0) is 19.9 Å². The minimum Gasteiger partial charge on any atom is -0.388 e. The summed E-state index contributed by atoms with van der Waals surface area (Å²) >= 11 is 0.596. The average molecular weight is 297 g/mol. The summed E-state index contributed by atoms with van der Waals surface area (Å²) in [6.45, 7) is 1.48. The van der Waals surface area contributed by atoms with E-state index < -0.39 is 31.2 Å². The zero-order valence-corrected chi connectivity index (χ0v) is 11.3. The predicted molar refractivity (Wildman–Crippen MR) is 61.9 cm³/mol. The zero-order valence-electron chi connectivity index (χ0n) is 8.82. The normalized spacial score (nSPS) is 27.7. The summed E-state index contributed by atoms with van der Waals surface area (Å²) in [6.07, 6.45) is -0.897. The van der Waals surface area contributed by atoms with Crippen molar-refractivity contribution in [2.45, 2.75) is 33.1 Å². The van der Waals surface area contributed by atoms with Gasteiger partial charge in [0.25, 0.3) is 0 Å². The maximum Gasteiger partial charge on any atom is 0.247 e. The van der Waals surface area contributed by atoms with Crippen molar-refractivity contribution in [3.05, 3.63) is 11.6 Å². The molecule has 3 N–H and O–H groups in total. The van der Waals surface area contributed by atoms with E-state index in [1.165, 1.54) is 6.92 Å². The Balaban J connectivity index is 2.73. The molecule has 1 unspecified atom stereocenters. The van der Waals surface area contributed by atoms with Crippen molar-refractivity contribution < 1.29 is 21.9 Å². The lowest BCUT2D eigenvalue weighted by molar-refractivity contribution is 0.161. The molecular formula is C8H11NO5S3. The van der Waals surface area contributed by atoms with Crippen LogP contribution < -0.4 is 5.14 Å². The van der Waals surface area contributed by atoms with Crippen LogP contribution in [0.25, 0.3) is 0 Å². The fraction of sp³-hybridized carbons (Fsp3) is 0.500. The average Bonchev–Trinajstić information content (AvgIpc) is 2.59. The van der Waals surface area contributed by atoms with Gasteiger partial charge in [-0.15, -0.1) is 11.3 Å². The standard InChI is InChI=1S/C8H11NO5S3/c1-4-2-6(10)5-3-7(17(9,13)14)15-8(5)16(4,11)12/h3-4,6,10H,2H2,1H3,(H2,9,13,14)/t4-,6?/m0/s1. The highest BCUT2D eigenvalue weighted by atomic mass is 32.3. The van der Waals surface area contributed by atoms with Crippen molar-refractivity contribution in [1.29, 1.82) is 0 Å². The highest BCUT2D eigenvalue weighted by Crippen LogP contribution is 2.42. The molecule has 0 bridgehead atoms. The molecule has 6 nitrogen and oxygen atoms in total. The third-order valence-corrected chi connectivity index (χ3v) is 8.00. The van der Waals surface area contributed by atoms with Gasteiger partial charge in [0.1, 0.15) is 8.42 Å². The topological polar surface area (TPSA) is 115 Å². The molecule has 1 aliphatic heterocycles. The molecular weight excluding hydrogens is 286 g/mol. The molecule has 0 aromatic carbocycles. The smallest absolute Gasteiger partial charge is 0.247 e. The van der Waals surface area contributed by atoms with Crippen LogP contribution in [0, 0.1) is 0 Å². The third kappa shape index (κ3) is 2.02. The van der Waals surface area contributed by atoms with Gasteiger partial charge < -0.3 is 5.11 Å². The Kier molecular flexibility index (Phi) is 2.86. The molecule has 0 fully saturated rings. The summed E-state index contributed by atoms with van der Waals surface area (Å²) in [4.78, 5) is 0. The van der Waals surface area contributed by atoms with E-state index in [0.29, 0.717) is 11.3 Å². The molecule has 9 heteroatoms. The third-order valence-electron chi connectivity index (χ3n) is 2.69. The first kappa shape index (κ1) is 13.0. The maximum absolute atomic E-state index is 12.0. The first-order valence-electron chi connectivity index (χ1n) is 4.72. The SMILES string of the molecule is C[C@H]1CC(O)c2cc(S(N)(=O)=O)sc2S1(=O)=O. The van der Waals surface area contributed by atoms with Crippen molar-refractivity contribution in [3.8, 4) is 0 Å². The number of sulfone groups is 1. The van der Waals surface area contributed by atoms with E-state index in [9.17, 15) is 21.9 Å². The molecule has 1 aromatic rings. The second-order valence-corrected chi connectivity index (χ2v) is 9.36. The Hall–Kier alpha value is -0.480. The number of thiophene rings is 1. The Morgan fingerprint density at radius 1 is 1.53 bits per heavy atom. The van der Waals surface area contributed by atoms with Crippen LogP contribution in [0.3, 0.4) is 0 Å². The lowest BCUT2D eigenvalue weighted by atomic mass is 10.1. The van der Waals surface area contributed by atoms with Crippen LogP contribution >= 0.6 is 11.3 Å². The van der Waals surface area contributed by atoms with Crippen LogP contribution in [0.1, 0.15) is 25.0 Å². The minimum absolute atomic E-state index is 0.0656. The summed E-state index contributed by atoms with van der Waals surface area (Å²) in [6, 6.07) is 1.14. The highest BCUT2D eigenvalue weighted by Gasteiger charge is 2.38. The molecule has 1 aliphatic rings. The molecule has 0 saturated carbocycles. The number of nitrogens with two attached hydrogens (primary N) is 1. The first-order valence-corrected chi connectivity index (χ1v) is 8.63. The van der Waals surface area contributed by atoms with Crippen LogP contribution in [-0.4, -0.2) is 27.2 Å².